The van der Waals surface area contributed by atoms with Crippen LogP contribution in [0, 0.1) is 0 Å². The molecule has 2 aromatic carbocycles. The molecule has 0 radical (unpaired) electrons. The van der Waals surface area contributed by atoms with Crippen molar-refractivity contribution in [1.82, 2.24) is 10.6 Å². The van der Waals surface area contributed by atoms with Gasteiger partial charge in [-0.05, 0) is 35.4 Å². The van der Waals surface area contributed by atoms with Gasteiger partial charge in [-0.2, -0.15) is 0 Å². The molecule has 2 aliphatic heterocycles. The summed E-state index contributed by atoms with van der Waals surface area (Å²) in [6.07, 6.45) is -0.176. The van der Waals surface area contributed by atoms with Crippen molar-refractivity contribution < 1.29 is 14.3 Å². The predicted molar refractivity (Wildman–Crippen MR) is 92.9 cm³/mol. The molecule has 5 nitrogen and oxygen atoms in total. The van der Waals surface area contributed by atoms with Gasteiger partial charge in [-0.3, -0.25) is 4.79 Å². The van der Waals surface area contributed by atoms with Crippen LogP contribution in [0.15, 0.2) is 42.5 Å². The molecule has 2 aromatic rings. The van der Waals surface area contributed by atoms with Gasteiger partial charge >= 0.3 is 0 Å². The van der Waals surface area contributed by atoms with E-state index in [1.165, 1.54) is 11.1 Å². The molecule has 0 fully saturated rings. The molecule has 24 heavy (non-hydrogen) atoms. The van der Waals surface area contributed by atoms with Crippen LogP contribution in [0.5, 0.6) is 11.5 Å². The lowest BCUT2D eigenvalue weighted by atomic mass is 10.1. The van der Waals surface area contributed by atoms with Crippen LogP contribution in [0.25, 0.3) is 0 Å². The highest BCUT2D eigenvalue weighted by Gasteiger charge is 2.21. The molecule has 0 saturated carbocycles. The van der Waals surface area contributed by atoms with Crippen molar-refractivity contribution in [2.45, 2.75) is 19.2 Å². The molecule has 0 saturated heterocycles. The zero-order valence-corrected chi connectivity index (χ0v) is 13.9. The third kappa shape index (κ3) is 3.32. The summed E-state index contributed by atoms with van der Waals surface area (Å²) in [6.45, 7) is 2.56. The Labute approximate surface area is 146 Å². The van der Waals surface area contributed by atoms with E-state index in [-0.39, 0.29) is 24.4 Å². The van der Waals surface area contributed by atoms with E-state index in [4.69, 9.17) is 9.47 Å². The van der Waals surface area contributed by atoms with Crippen molar-refractivity contribution in [3.05, 3.63) is 59.2 Å². The second kappa shape index (κ2) is 7.11. The lowest BCUT2D eigenvalue weighted by molar-refractivity contribution is 0.0789. The summed E-state index contributed by atoms with van der Waals surface area (Å²) in [7, 11) is 0. The molecule has 0 aliphatic carbocycles. The Balaban J connectivity index is 0.00000169. The first-order valence-electron chi connectivity index (χ1n) is 7.79. The van der Waals surface area contributed by atoms with Gasteiger partial charge in [0.1, 0.15) is 12.7 Å². The number of nitrogens with one attached hydrogen (secondary N) is 2. The number of amides is 1. The summed E-state index contributed by atoms with van der Waals surface area (Å²) < 4.78 is 11.5. The molecule has 4 rings (SSSR count). The summed E-state index contributed by atoms with van der Waals surface area (Å²) in [5.41, 5.74) is 3.15. The maximum atomic E-state index is 12.3. The maximum Gasteiger partial charge on any atom is 0.251 e. The quantitative estimate of drug-likeness (QED) is 0.895. The average Bonchev–Trinajstić information content (AvgIpc) is 3.07. The van der Waals surface area contributed by atoms with Crippen LogP contribution in [0.1, 0.15) is 21.5 Å². The highest BCUT2D eigenvalue weighted by Crippen LogP contribution is 2.30. The Bertz CT molecular complexity index is 751. The van der Waals surface area contributed by atoms with Gasteiger partial charge < -0.3 is 20.1 Å². The minimum absolute atomic E-state index is 0. The number of fused-ring (bicyclic) bond motifs is 2. The minimum atomic E-state index is -0.176. The van der Waals surface area contributed by atoms with Gasteiger partial charge in [0.15, 0.2) is 11.5 Å². The summed E-state index contributed by atoms with van der Waals surface area (Å²) in [5, 5.41) is 6.21. The minimum Gasteiger partial charge on any atom is -0.486 e. The van der Waals surface area contributed by atoms with Gasteiger partial charge in [0.05, 0.1) is 6.54 Å². The number of carbonyl (C=O) groups is 1. The third-order valence-electron chi connectivity index (χ3n) is 4.16. The maximum absolute atomic E-state index is 12.3. The van der Waals surface area contributed by atoms with Crippen molar-refractivity contribution in [3.63, 3.8) is 0 Å². The van der Waals surface area contributed by atoms with Crippen LogP contribution in [0.4, 0.5) is 0 Å². The standard InChI is InChI=1S/C18H18N2O3.ClH/c21-18(12-5-6-13-8-19-9-14(13)7-12)20-10-15-11-22-16-3-1-2-4-17(16)23-15;/h1-7,15,19H,8-11H2,(H,20,21);1H. The van der Waals surface area contributed by atoms with Gasteiger partial charge in [-0.15, -0.1) is 12.4 Å². The summed E-state index contributed by atoms with van der Waals surface area (Å²) >= 11 is 0. The van der Waals surface area contributed by atoms with Crippen LogP contribution in [-0.4, -0.2) is 25.2 Å². The Morgan fingerprint density at radius 2 is 1.92 bits per heavy atom. The van der Waals surface area contributed by atoms with E-state index < -0.39 is 0 Å². The lowest BCUT2D eigenvalue weighted by Crippen LogP contribution is -2.40. The van der Waals surface area contributed by atoms with Crippen molar-refractivity contribution >= 4 is 18.3 Å². The number of ether oxygens (including phenoxy) is 2. The molecular formula is C18H19ClN2O3. The van der Waals surface area contributed by atoms with Crippen LogP contribution in [-0.2, 0) is 13.1 Å². The monoisotopic (exact) mass is 346 g/mol. The molecule has 2 N–H and O–H groups in total. The van der Waals surface area contributed by atoms with Gasteiger partial charge in [-0.1, -0.05) is 18.2 Å². The summed E-state index contributed by atoms with van der Waals surface area (Å²) in [5.74, 6) is 1.39. The van der Waals surface area contributed by atoms with Gasteiger partial charge in [0, 0.05) is 18.7 Å². The third-order valence-corrected chi connectivity index (χ3v) is 4.16. The molecule has 0 bridgehead atoms. The summed E-state index contributed by atoms with van der Waals surface area (Å²) in [4.78, 5) is 12.3. The van der Waals surface area contributed by atoms with Crippen LogP contribution >= 0.6 is 12.4 Å². The number of para-hydroxylation sites is 2. The van der Waals surface area contributed by atoms with E-state index in [1.807, 2.05) is 42.5 Å². The molecule has 1 atom stereocenters. The predicted octanol–water partition coefficient (Wildman–Crippen LogP) is 2.28. The van der Waals surface area contributed by atoms with Crippen LogP contribution < -0.4 is 20.1 Å². The highest BCUT2D eigenvalue weighted by atomic mass is 35.5. The van der Waals surface area contributed by atoms with Gasteiger partial charge in [0.2, 0.25) is 0 Å². The smallest absolute Gasteiger partial charge is 0.251 e. The number of benzene rings is 2. The van der Waals surface area contributed by atoms with Crippen molar-refractivity contribution in [3.8, 4) is 11.5 Å². The van der Waals surface area contributed by atoms with Crippen molar-refractivity contribution in [2.24, 2.45) is 0 Å². The number of rotatable bonds is 3. The van der Waals surface area contributed by atoms with E-state index in [9.17, 15) is 4.79 Å². The van der Waals surface area contributed by atoms with Crippen LogP contribution in [0.3, 0.4) is 0 Å². The first kappa shape index (κ1) is 16.6. The van der Waals surface area contributed by atoms with Gasteiger partial charge in [-0.25, -0.2) is 0 Å². The summed E-state index contributed by atoms with van der Waals surface area (Å²) in [6, 6.07) is 13.4. The number of hydrogen-bond donors (Lipinski definition) is 2. The molecule has 2 aliphatic rings. The first-order chi connectivity index (χ1) is 11.3. The number of hydrogen-bond acceptors (Lipinski definition) is 4. The van der Waals surface area contributed by atoms with E-state index >= 15 is 0 Å². The van der Waals surface area contributed by atoms with Crippen molar-refractivity contribution in [2.75, 3.05) is 13.2 Å². The Hall–Kier alpha value is -2.24. The topological polar surface area (TPSA) is 59.6 Å². The molecule has 126 valence electrons. The molecule has 1 unspecified atom stereocenters. The zero-order chi connectivity index (χ0) is 15.6. The number of halogens is 1. The largest absolute Gasteiger partial charge is 0.486 e. The Kier molecular flexibility index (Phi) is 4.92. The SMILES string of the molecule is Cl.O=C(NCC1COc2ccccc2O1)c1ccc2c(c1)CNC2. The van der Waals surface area contributed by atoms with E-state index in [1.54, 1.807) is 0 Å². The fourth-order valence-electron chi connectivity index (χ4n) is 2.91. The van der Waals surface area contributed by atoms with E-state index in [0.29, 0.717) is 18.7 Å². The fourth-order valence-corrected chi connectivity index (χ4v) is 2.91. The highest BCUT2D eigenvalue weighted by molar-refractivity contribution is 5.94. The first-order valence-corrected chi connectivity index (χ1v) is 7.79. The van der Waals surface area contributed by atoms with Crippen LogP contribution in [0.2, 0.25) is 0 Å². The zero-order valence-electron chi connectivity index (χ0n) is 13.1. The molecule has 1 amide bonds. The molecular weight excluding hydrogens is 328 g/mol. The molecule has 0 spiro atoms. The lowest BCUT2D eigenvalue weighted by Gasteiger charge is -2.26. The average molecular weight is 347 g/mol. The van der Waals surface area contributed by atoms with Crippen molar-refractivity contribution in [1.29, 1.82) is 0 Å². The normalized spacial score (nSPS) is 17.6. The molecule has 0 aromatic heterocycles. The Morgan fingerprint density at radius 3 is 2.79 bits per heavy atom. The molecule has 6 heteroatoms. The molecule has 2 heterocycles. The second-order valence-electron chi connectivity index (χ2n) is 5.79. The van der Waals surface area contributed by atoms with Gasteiger partial charge in [0.25, 0.3) is 5.91 Å². The fraction of sp³-hybridized carbons (Fsp3) is 0.278. The van der Waals surface area contributed by atoms with E-state index in [2.05, 4.69) is 10.6 Å². The Morgan fingerprint density at radius 1 is 1.12 bits per heavy atom. The van der Waals surface area contributed by atoms with E-state index in [0.717, 1.165) is 24.6 Å². The second-order valence-corrected chi connectivity index (χ2v) is 5.79. The number of carbonyl (C=O) groups excluding carboxylic acids is 1.